The van der Waals surface area contributed by atoms with E-state index < -0.39 is 0 Å². The average Bonchev–Trinajstić information content (AvgIpc) is 2.77. The summed E-state index contributed by atoms with van der Waals surface area (Å²) < 4.78 is 6.78. The molecule has 2 aromatic heterocycles. The molecule has 0 aliphatic carbocycles. The molecule has 6 nitrogen and oxygen atoms in total. The summed E-state index contributed by atoms with van der Waals surface area (Å²) in [4.78, 5) is 15.0. The molecular formula is C11H8IN5O. The summed E-state index contributed by atoms with van der Waals surface area (Å²) in [7, 11) is 0. The molecule has 0 saturated carbocycles. The fraction of sp³-hybridized carbons (Fsp3) is 0. The summed E-state index contributed by atoms with van der Waals surface area (Å²) in [6.45, 7) is 0. The van der Waals surface area contributed by atoms with Gasteiger partial charge in [-0.05, 0) is 40.8 Å². The first kappa shape index (κ1) is 11.2. The molecule has 0 saturated heterocycles. The lowest BCUT2D eigenvalue weighted by atomic mass is 10.3. The Bertz CT molecular complexity index is 711. The van der Waals surface area contributed by atoms with Crippen molar-refractivity contribution in [2.75, 3.05) is 5.73 Å². The third-order valence-corrected chi connectivity index (χ3v) is 2.95. The molecule has 7 heteroatoms. The van der Waals surface area contributed by atoms with Crippen LogP contribution in [0.1, 0.15) is 0 Å². The smallest absolute Gasteiger partial charge is 0.250 e. The van der Waals surface area contributed by atoms with Gasteiger partial charge in [0.25, 0.3) is 5.88 Å². The molecule has 0 unspecified atom stereocenters. The van der Waals surface area contributed by atoms with Crippen LogP contribution in [0.3, 0.4) is 0 Å². The van der Waals surface area contributed by atoms with Crippen LogP contribution in [0.15, 0.2) is 30.6 Å². The Morgan fingerprint density at radius 2 is 2.17 bits per heavy atom. The SMILES string of the molecule is Nc1nc(Oc2cccc(I)c2)c2[nH]cnc2n1. The van der Waals surface area contributed by atoms with Crippen LogP contribution in [0.25, 0.3) is 11.2 Å². The van der Waals surface area contributed by atoms with Crippen LogP contribution in [-0.2, 0) is 0 Å². The quantitative estimate of drug-likeness (QED) is 0.691. The summed E-state index contributed by atoms with van der Waals surface area (Å²) in [5, 5.41) is 0. The summed E-state index contributed by atoms with van der Waals surface area (Å²) in [6.07, 6.45) is 1.53. The van der Waals surface area contributed by atoms with Crippen LogP contribution in [0, 0.1) is 3.57 Å². The average molecular weight is 353 g/mol. The van der Waals surface area contributed by atoms with Gasteiger partial charge in [0.15, 0.2) is 5.65 Å². The number of nitrogens with zero attached hydrogens (tertiary/aromatic N) is 3. The molecule has 2 heterocycles. The van der Waals surface area contributed by atoms with Crippen molar-refractivity contribution >= 4 is 39.7 Å². The minimum absolute atomic E-state index is 0.134. The first-order chi connectivity index (χ1) is 8.72. The van der Waals surface area contributed by atoms with Crippen LogP contribution in [-0.4, -0.2) is 19.9 Å². The van der Waals surface area contributed by atoms with E-state index in [4.69, 9.17) is 10.5 Å². The van der Waals surface area contributed by atoms with Crippen LogP contribution >= 0.6 is 22.6 Å². The summed E-state index contributed by atoms with van der Waals surface area (Å²) in [5.74, 6) is 1.20. The highest BCUT2D eigenvalue weighted by molar-refractivity contribution is 14.1. The molecule has 90 valence electrons. The third kappa shape index (κ3) is 2.08. The molecule has 0 bridgehead atoms. The van der Waals surface area contributed by atoms with E-state index in [1.165, 1.54) is 6.33 Å². The minimum Gasteiger partial charge on any atom is -0.437 e. The number of hydrogen-bond donors (Lipinski definition) is 2. The minimum atomic E-state index is 0.134. The molecule has 0 atom stereocenters. The first-order valence-corrected chi connectivity index (χ1v) is 6.20. The number of nitrogens with two attached hydrogens (primary N) is 1. The molecule has 0 spiro atoms. The summed E-state index contributed by atoms with van der Waals surface area (Å²) >= 11 is 2.21. The molecule has 0 aliphatic heterocycles. The number of nitrogens with one attached hydrogen (secondary N) is 1. The Hall–Kier alpha value is -1.90. The molecule has 3 N–H and O–H groups in total. The monoisotopic (exact) mass is 353 g/mol. The third-order valence-electron chi connectivity index (χ3n) is 2.28. The molecule has 18 heavy (non-hydrogen) atoms. The number of aromatic amines is 1. The van der Waals surface area contributed by atoms with Gasteiger partial charge in [0.05, 0.1) is 6.33 Å². The lowest BCUT2D eigenvalue weighted by molar-refractivity contribution is 0.468. The highest BCUT2D eigenvalue weighted by atomic mass is 127. The Kier molecular flexibility index (Phi) is 2.74. The molecule has 0 radical (unpaired) electrons. The maximum absolute atomic E-state index is 5.70. The zero-order valence-corrected chi connectivity index (χ0v) is 11.2. The van der Waals surface area contributed by atoms with Gasteiger partial charge in [-0.25, -0.2) is 4.98 Å². The largest absolute Gasteiger partial charge is 0.437 e. The van der Waals surface area contributed by atoms with Gasteiger partial charge in [0.1, 0.15) is 11.3 Å². The Labute approximate surface area is 116 Å². The molecule has 3 aromatic rings. The Morgan fingerprint density at radius 3 is 3.00 bits per heavy atom. The van der Waals surface area contributed by atoms with Crippen molar-refractivity contribution < 1.29 is 4.74 Å². The fourth-order valence-electron chi connectivity index (χ4n) is 1.54. The highest BCUT2D eigenvalue weighted by Crippen LogP contribution is 2.26. The zero-order chi connectivity index (χ0) is 12.5. The summed E-state index contributed by atoms with van der Waals surface area (Å²) in [5.41, 5.74) is 6.73. The Balaban J connectivity index is 2.06. The number of ether oxygens (including phenoxy) is 1. The van der Waals surface area contributed by atoms with E-state index in [2.05, 4.69) is 42.5 Å². The number of hydrogen-bond acceptors (Lipinski definition) is 5. The van der Waals surface area contributed by atoms with Crippen molar-refractivity contribution in [3.05, 3.63) is 34.2 Å². The number of imidazole rings is 1. The number of anilines is 1. The van der Waals surface area contributed by atoms with Crippen LogP contribution in [0.4, 0.5) is 5.95 Å². The molecule has 0 amide bonds. The van der Waals surface area contributed by atoms with Gasteiger partial charge in [-0.1, -0.05) is 6.07 Å². The standard InChI is InChI=1S/C11H8IN5O/c12-6-2-1-3-7(4-6)18-10-8-9(15-5-14-8)16-11(13)17-10/h1-5H,(H3,13,14,15,16,17). The first-order valence-electron chi connectivity index (χ1n) is 5.12. The number of rotatable bonds is 2. The van der Waals surface area contributed by atoms with Crippen LogP contribution < -0.4 is 10.5 Å². The van der Waals surface area contributed by atoms with Gasteiger partial charge in [-0.3, -0.25) is 0 Å². The van der Waals surface area contributed by atoms with Crippen molar-refractivity contribution in [3.63, 3.8) is 0 Å². The summed E-state index contributed by atoms with van der Waals surface area (Å²) in [6, 6.07) is 7.64. The number of benzene rings is 1. The van der Waals surface area contributed by atoms with E-state index in [-0.39, 0.29) is 5.95 Å². The van der Waals surface area contributed by atoms with Crippen LogP contribution in [0.2, 0.25) is 0 Å². The van der Waals surface area contributed by atoms with E-state index in [9.17, 15) is 0 Å². The van der Waals surface area contributed by atoms with E-state index in [1.807, 2.05) is 24.3 Å². The second-order valence-electron chi connectivity index (χ2n) is 3.55. The fourth-order valence-corrected chi connectivity index (χ4v) is 2.05. The van der Waals surface area contributed by atoms with E-state index in [1.54, 1.807) is 0 Å². The van der Waals surface area contributed by atoms with Crippen molar-refractivity contribution in [1.82, 2.24) is 19.9 Å². The molecule has 0 aliphatic rings. The van der Waals surface area contributed by atoms with Crippen LogP contribution in [0.5, 0.6) is 11.6 Å². The normalized spacial score (nSPS) is 10.7. The second kappa shape index (κ2) is 4.41. The van der Waals surface area contributed by atoms with E-state index in [0.29, 0.717) is 22.8 Å². The zero-order valence-electron chi connectivity index (χ0n) is 9.09. The van der Waals surface area contributed by atoms with Gasteiger partial charge >= 0.3 is 0 Å². The number of halogens is 1. The lowest BCUT2D eigenvalue weighted by Crippen LogP contribution is -1.98. The maximum atomic E-state index is 5.70. The molecule has 1 aromatic carbocycles. The van der Waals surface area contributed by atoms with E-state index in [0.717, 1.165) is 3.57 Å². The molecule has 0 fully saturated rings. The van der Waals surface area contributed by atoms with Crippen molar-refractivity contribution in [2.45, 2.75) is 0 Å². The Morgan fingerprint density at radius 1 is 1.28 bits per heavy atom. The topological polar surface area (TPSA) is 89.7 Å². The second-order valence-corrected chi connectivity index (χ2v) is 4.79. The van der Waals surface area contributed by atoms with Gasteiger partial charge in [0, 0.05) is 3.57 Å². The number of fused-ring (bicyclic) bond motifs is 1. The lowest BCUT2D eigenvalue weighted by Gasteiger charge is -2.06. The highest BCUT2D eigenvalue weighted by Gasteiger charge is 2.10. The number of aromatic nitrogens is 4. The predicted octanol–water partition coefficient (Wildman–Crippen LogP) is 2.33. The van der Waals surface area contributed by atoms with Gasteiger partial charge in [-0.2, -0.15) is 9.97 Å². The van der Waals surface area contributed by atoms with Crippen molar-refractivity contribution in [1.29, 1.82) is 0 Å². The molecular weight excluding hydrogens is 345 g/mol. The van der Waals surface area contributed by atoms with Crippen molar-refractivity contribution in [3.8, 4) is 11.6 Å². The number of nitrogen functional groups attached to an aromatic ring is 1. The van der Waals surface area contributed by atoms with Crippen molar-refractivity contribution in [2.24, 2.45) is 0 Å². The maximum Gasteiger partial charge on any atom is 0.250 e. The molecule has 3 rings (SSSR count). The van der Waals surface area contributed by atoms with E-state index >= 15 is 0 Å². The predicted molar refractivity (Wildman–Crippen MR) is 75.3 cm³/mol. The number of H-pyrrole nitrogens is 1. The van der Waals surface area contributed by atoms with Gasteiger partial charge in [-0.15, -0.1) is 0 Å². The van der Waals surface area contributed by atoms with Gasteiger partial charge in [0.2, 0.25) is 5.95 Å². The van der Waals surface area contributed by atoms with Gasteiger partial charge < -0.3 is 15.5 Å².